The lowest BCUT2D eigenvalue weighted by Gasteiger charge is -2.17. The summed E-state index contributed by atoms with van der Waals surface area (Å²) in [6.07, 6.45) is 3.63. The van der Waals surface area contributed by atoms with E-state index in [2.05, 4.69) is 26.3 Å². The molecule has 2 aliphatic heterocycles. The molecule has 2 aromatic heterocycles. The minimum Gasteiger partial charge on any atom is -0.376 e. The smallest absolute Gasteiger partial charge is 0.236 e. The molecule has 3 aromatic rings. The van der Waals surface area contributed by atoms with E-state index in [1.807, 2.05) is 37.7 Å². The molecule has 0 saturated carbocycles. The van der Waals surface area contributed by atoms with Crippen LogP contribution in [0.3, 0.4) is 0 Å². The number of aromatic amines is 1. The third kappa shape index (κ3) is 2.84. The maximum Gasteiger partial charge on any atom is 0.236 e. The molecule has 9 nitrogen and oxygen atoms in total. The first kappa shape index (κ1) is 18.0. The first-order valence-corrected chi connectivity index (χ1v) is 9.80. The highest BCUT2D eigenvalue weighted by atomic mass is 16.5. The Morgan fingerprint density at radius 1 is 1.34 bits per heavy atom. The number of carbonyl (C=O) groups is 1. The number of H-pyrrole nitrogens is 1. The van der Waals surface area contributed by atoms with Crippen LogP contribution in [-0.2, 0) is 21.5 Å². The van der Waals surface area contributed by atoms with Crippen molar-refractivity contribution >= 4 is 11.6 Å². The van der Waals surface area contributed by atoms with Gasteiger partial charge in [-0.05, 0) is 50.5 Å². The van der Waals surface area contributed by atoms with Crippen molar-refractivity contribution in [2.24, 2.45) is 0 Å². The van der Waals surface area contributed by atoms with Gasteiger partial charge >= 0.3 is 0 Å². The van der Waals surface area contributed by atoms with E-state index in [-0.39, 0.29) is 12.0 Å². The lowest BCUT2D eigenvalue weighted by molar-refractivity contribution is -0.121. The molecule has 1 fully saturated rings. The van der Waals surface area contributed by atoms with Gasteiger partial charge in [0.2, 0.25) is 11.7 Å². The molecule has 1 amide bonds. The fourth-order valence-electron chi connectivity index (χ4n) is 4.19. The van der Waals surface area contributed by atoms with Gasteiger partial charge in [0.05, 0.1) is 18.1 Å². The van der Waals surface area contributed by atoms with E-state index in [0.717, 1.165) is 42.1 Å². The van der Waals surface area contributed by atoms with E-state index >= 15 is 0 Å². The number of hydrogen-bond donors (Lipinski definition) is 1. The maximum absolute atomic E-state index is 12.6. The summed E-state index contributed by atoms with van der Waals surface area (Å²) in [6.45, 7) is 5.32. The van der Waals surface area contributed by atoms with Crippen LogP contribution < -0.4 is 4.90 Å². The van der Waals surface area contributed by atoms with E-state index in [9.17, 15) is 4.79 Å². The molecule has 0 bridgehead atoms. The normalized spacial score (nSPS) is 20.4. The second-order valence-electron chi connectivity index (χ2n) is 8.13. The van der Waals surface area contributed by atoms with Crippen LogP contribution in [0, 0.1) is 0 Å². The van der Waals surface area contributed by atoms with Crippen molar-refractivity contribution in [2.75, 3.05) is 18.6 Å². The highest BCUT2D eigenvalue weighted by Gasteiger charge is 2.42. The van der Waals surface area contributed by atoms with Gasteiger partial charge in [0.15, 0.2) is 11.6 Å². The summed E-state index contributed by atoms with van der Waals surface area (Å²) >= 11 is 0. The Labute approximate surface area is 168 Å². The van der Waals surface area contributed by atoms with Gasteiger partial charge < -0.3 is 9.64 Å². The fourth-order valence-corrected chi connectivity index (χ4v) is 4.19. The van der Waals surface area contributed by atoms with E-state index in [1.165, 1.54) is 6.33 Å². The largest absolute Gasteiger partial charge is 0.376 e. The van der Waals surface area contributed by atoms with Crippen LogP contribution in [0.2, 0.25) is 0 Å². The summed E-state index contributed by atoms with van der Waals surface area (Å²) in [5, 5.41) is 11.4. The zero-order valence-electron chi connectivity index (χ0n) is 16.7. The Kier molecular flexibility index (Phi) is 4.02. The summed E-state index contributed by atoms with van der Waals surface area (Å²) < 4.78 is 7.69. The third-order valence-corrected chi connectivity index (χ3v) is 5.83. The summed E-state index contributed by atoms with van der Waals surface area (Å²) in [7, 11) is 1.82. The average Bonchev–Trinajstić information content (AvgIpc) is 3.49. The summed E-state index contributed by atoms with van der Waals surface area (Å²) in [6, 6.07) is 6.03. The topological polar surface area (TPSA) is 102 Å². The highest BCUT2D eigenvalue weighted by molar-refractivity contribution is 6.07. The third-order valence-electron chi connectivity index (χ3n) is 5.83. The molecule has 1 saturated heterocycles. The standard InChI is InChI=1S/C20H23N7O2/c1-20(2)14-9-12(6-7-15(14)26(3)19(20)28)18-23-17(16-21-11-22-24-16)25-27(18)10-13-5-4-8-29-13/h6-7,9,11,13H,4-5,8,10H2,1-3H3,(H,21,22,24). The Bertz CT molecular complexity index is 1060. The van der Waals surface area contributed by atoms with Crippen LogP contribution in [-0.4, -0.2) is 55.6 Å². The number of carbonyl (C=O) groups excluding carboxylic acids is 1. The zero-order valence-corrected chi connectivity index (χ0v) is 16.7. The monoisotopic (exact) mass is 393 g/mol. The van der Waals surface area contributed by atoms with Gasteiger partial charge in [-0.3, -0.25) is 9.89 Å². The van der Waals surface area contributed by atoms with Crippen molar-refractivity contribution in [2.45, 2.75) is 44.8 Å². The summed E-state index contributed by atoms with van der Waals surface area (Å²) in [5.74, 6) is 1.83. The first-order valence-electron chi connectivity index (χ1n) is 9.80. The predicted octanol–water partition coefficient (Wildman–Crippen LogP) is 2.16. The van der Waals surface area contributed by atoms with Crippen molar-refractivity contribution in [1.82, 2.24) is 29.9 Å². The molecule has 4 heterocycles. The molecule has 2 aliphatic rings. The van der Waals surface area contributed by atoms with Gasteiger partial charge in [0, 0.05) is 24.9 Å². The van der Waals surface area contributed by atoms with Crippen molar-refractivity contribution < 1.29 is 9.53 Å². The summed E-state index contributed by atoms with van der Waals surface area (Å²) in [5.41, 5.74) is 2.27. The number of fused-ring (bicyclic) bond motifs is 1. The van der Waals surface area contributed by atoms with Crippen LogP contribution in [0.1, 0.15) is 32.3 Å². The molecule has 0 spiro atoms. The number of amides is 1. The molecule has 1 atom stereocenters. The number of benzene rings is 1. The zero-order chi connectivity index (χ0) is 20.2. The van der Waals surface area contributed by atoms with Crippen molar-refractivity contribution in [1.29, 1.82) is 0 Å². The van der Waals surface area contributed by atoms with Crippen LogP contribution in [0.4, 0.5) is 5.69 Å². The van der Waals surface area contributed by atoms with Gasteiger partial charge in [0.25, 0.3) is 0 Å². The summed E-state index contributed by atoms with van der Waals surface area (Å²) in [4.78, 5) is 23.3. The Hall–Kier alpha value is -3.07. The lowest BCUT2D eigenvalue weighted by Crippen LogP contribution is -2.33. The Morgan fingerprint density at radius 2 is 2.21 bits per heavy atom. The number of aromatic nitrogens is 6. The van der Waals surface area contributed by atoms with Gasteiger partial charge in [-0.2, -0.15) is 5.10 Å². The Balaban J connectivity index is 1.60. The number of anilines is 1. The first-order chi connectivity index (χ1) is 13.9. The molecular formula is C20H23N7O2. The van der Waals surface area contributed by atoms with Gasteiger partial charge in [-0.15, -0.1) is 5.10 Å². The van der Waals surface area contributed by atoms with Crippen LogP contribution in [0.15, 0.2) is 24.5 Å². The number of likely N-dealkylation sites (N-methyl/N-ethyl adjacent to an activating group) is 1. The van der Waals surface area contributed by atoms with Crippen LogP contribution in [0.25, 0.3) is 23.0 Å². The maximum atomic E-state index is 12.6. The van der Waals surface area contributed by atoms with E-state index in [4.69, 9.17) is 9.72 Å². The molecule has 29 heavy (non-hydrogen) atoms. The molecule has 1 unspecified atom stereocenters. The minimum absolute atomic E-state index is 0.0906. The SMILES string of the molecule is CN1C(=O)C(C)(C)c2cc(-c3nc(-c4ncn[nH]4)nn3CC3CCCO3)ccc21. The second kappa shape index (κ2) is 6.48. The molecule has 5 rings (SSSR count). The highest BCUT2D eigenvalue weighted by Crippen LogP contribution is 2.42. The van der Waals surface area contributed by atoms with Gasteiger partial charge in [0.1, 0.15) is 6.33 Å². The van der Waals surface area contributed by atoms with Gasteiger partial charge in [-0.25, -0.2) is 14.6 Å². The minimum atomic E-state index is -0.576. The molecule has 150 valence electrons. The molecule has 9 heteroatoms. The van der Waals surface area contributed by atoms with Crippen molar-refractivity contribution in [3.63, 3.8) is 0 Å². The number of rotatable bonds is 4. The molecule has 1 N–H and O–H groups in total. The molecule has 1 aromatic carbocycles. The molecule has 0 radical (unpaired) electrons. The van der Waals surface area contributed by atoms with E-state index < -0.39 is 5.41 Å². The number of hydrogen-bond acceptors (Lipinski definition) is 6. The quantitative estimate of drug-likeness (QED) is 0.729. The average molecular weight is 393 g/mol. The number of nitrogens with one attached hydrogen (secondary N) is 1. The molecule has 0 aliphatic carbocycles. The Morgan fingerprint density at radius 3 is 2.93 bits per heavy atom. The van der Waals surface area contributed by atoms with Crippen molar-refractivity contribution in [3.8, 4) is 23.0 Å². The van der Waals surface area contributed by atoms with Crippen LogP contribution in [0.5, 0.6) is 0 Å². The van der Waals surface area contributed by atoms with Crippen molar-refractivity contribution in [3.05, 3.63) is 30.1 Å². The lowest BCUT2D eigenvalue weighted by atomic mass is 9.85. The second-order valence-corrected chi connectivity index (χ2v) is 8.13. The number of nitrogens with zero attached hydrogens (tertiary/aromatic N) is 6. The van der Waals surface area contributed by atoms with E-state index in [0.29, 0.717) is 18.2 Å². The van der Waals surface area contributed by atoms with Gasteiger partial charge in [-0.1, -0.05) is 0 Å². The van der Waals surface area contributed by atoms with E-state index in [1.54, 1.807) is 4.90 Å². The predicted molar refractivity (Wildman–Crippen MR) is 106 cm³/mol. The fraction of sp³-hybridized carbons (Fsp3) is 0.450. The van der Waals surface area contributed by atoms with Crippen LogP contribution >= 0.6 is 0 Å². The number of ether oxygens (including phenoxy) is 1. The molecular weight excluding hydrogens is 370 g/mol.